The van der Waals surface area contributed by atoms with Gasteiger partial charge in [-0.3, -0.25) is 9.59 Å². The Kier molecular flexibility index (Phi) is 5.43. The van der Waals surface area contributed by atoms with Crippen LogP contribution in [0.25, 0.3) is 0 Å². The van der Waals surface area contributed by atoms with Crippen molar-refractivity contribution in [1.82, 2.24) is 0 Å². The minimum atomic E-state index is -0.350. The maximum atomic E-state index is 13.3. The van der Waals surface area contributed by atoms with Crippen LogP contribution >= 0.6 is 11.3 Å². The van der Waals surface area contributed by atoms with Crippen molar-refractivity contribution in [1.29, 1.82) is 0 Å². The fourth-order valence-corrected chi connectivity index (χ4v) is 3.21. The van der Waals surface area contributed by atoms with E-state index in [-0.39, 0.29) is 17.6 Å². The highest BCUT2D eigenvalue weighted by molar-refractivity contribution is 7.09. The largest absolute Gasteiger partial charge is 0.326 e. The van der Waals surface area contributed by atoms with Crippen molar-refractivity contribution in [2.45, 2.75) is 13.5 Å². The van der Waals surface area contributed by atoms with Gasteiger partial charge in [-0.1, -0.05) is 6.07 Å². The van der Waals surface area contributed by atoms with E-state index in [0.29, 0.717) is 23.5 Å². The number of anilines is 2. The number of carbonyl (C=O) groups excluding carboxylic acids is 2. The highest BCUT2D eigenvalue weighted by Crippen LogP contribution is 2.23. The Morgan fingerprint density at radius 2 is 1.73 bits per heavy atom. The third-order valence-electron chi connectivity index (χ3n) is 3.73. The van der Waals surface area contributed by atoms with Crippen molar-refractivity contribution in [2.75, 3.05) is 10.2 Å². The van der Waals surface area contributed by atoms with Gasteiger partial charge in [0.1, 0.15) is 5.82 Å². The molecule has 0 saturated carbocycles. The van der Waals surface area contributed by atoms with Gasteiger partial charge in [-0.25, -0.2) is 4.39 Å². The lowest BCUT2D eigenvalue weighted by Gasteiger charge is -2.22. The van der Waals surface area contributed by atoms with Crippen LogP contribution in [0.1, 0.15) is 22.2 Å². The van der Waals surface area contributed by atoms with Crippen LogP contribution < -0.4 is 10.2 Å². The topological polar surface area (TPSA) is 49.4 Å². The number of rotatable bonds is 5. The molecule has 2 amide bonds. The molecule has 26 heavy (non-hydrogen) atoms. The maximum absolute atomic E-state index is 13.3. The molecule has 3 aromatic rings. The number of hydrogen-bond acceptors (Lipinski definition) is 3. The molecular weight excluding hydrogens is 351 g/mol. The normalized spacial score (nSPS) is 10.4. The molecule has 0 spiro atoms. The van der Waals surface area contributed by atoms with Gasteiger partial charge < -0.3 is 10.2 Å². The van der Waals surface area contributed by atoms with Crippen LogP contribution in [0.4, 0.5) is 15.8 Å². The molecule has 4 nitrogen and oxygen atoms in total. The van der Waals surface area contributed by atoms with Crippen molar-refractivity contribution in [3.05, 3.63) is 82.3 Å². The zero-order chi connectivity index (χ0) is 18.5. The Bertz CT molecular complexity index is 891. The van der Waals surface area contributed by atoms with E-state index in [1.807, 2.05) is 17.5 Å². The molecule has 0 aliphatic carbocycles. The number of amides is 2. The summed E-state index contributed by atoms with van der Waals surface area (Å²) in [5.41, 5.74) is 1.73. The van der Waals surface area contributed by atoms with Gasteiger partial charge in [0.15, 0.2) is 0 Å². The van der Waals surface area contributed by atoms with E-state index in [0.717, 1.165) is 4.88 Å². The highest BCUT2D eigenvalue weighted by Gasteiger charge is 2.19. The van der Waals surface area contributed by atoms with E-state index in [2.05, 4.69) is 5.32 Å². The molecule has 0 unspecified atom stereocenters. The van der Waals surface area contributed by atoms with Crippen molar-refractivity contribution in [3.8, 4) is 0 Å². The van der Waals surface area contributed by atoms with Crippen LogP contribution in [0, 0.1) is 5.82 Å². The van der Waals surface area contributed by atoms with Crippen LogP contribution in [0.15, 0.2) is 66.0 Å². The zero-order valence-corrected chi connectivity index (χ0v) is 14.9. The molecule has 0 saturated heterocycles. The van der Waals surface area contributed by atoms with Gasteiger partial charge in [-0.05, 0) is 60.0 Å². The summed E-state index contributed by atoms with van der Waals surface area (Å²) in [7, 11) is 0. The Balaban J connectivity index is 1.88. The number of carbonyl (C=O) groups is 2. The lowest BCUT2D eigenvalue weighted by Crippen LogP contribution is -2.30. The minimum Gasteiger partial charge on any atom is -0.326 e. The minimum absolute atomic E-state index is 0.172. The summed E-state index contributed by atoms with van der Waals surface area (Å²) in [6, 6.07) is 16.4. The monoisotopic (exact) mass is 368 g/mol. The van der Waals surface area contributed by atoms with E-state index in [4.69, 9.17) is 0 Å². The SMILES string of the molecule is CC(=O)Nc1ccc(C(=O)N(Cc2cccs2)c2ccc(F)cc2)cc1. The Morgan fingerprint density at radius 1 is 1.04 bits per heavy atom. The fourth-order valence-electron chi connectivity index (χ4n) is 2.52. The quantitative estimate of drug-likeness (QED) is 0.710. The second-order valence-electron chi connectivity index (χ2n) is 5.71. The first kappa shape index (κ1) is 17.8. The molecule has 1 aromatic heterocycles. The van der Waals surface area contributed by atoms with Crippen molar-refractivity contribution in [3.63, 3.8) is 0 Å². The average molecular weight is 368 g/mol. The standard InChI is InChI=1S/C20H17FN2O2S/c1-14(24)22-17-8-4-15(5-9-17)20(25)23(13-19-3-2-12-26-19)18-10-6-16(21)7-11-18/h2-12H,13H2,1H3,(H,22,24). The van der Waals surface area contributed by atoms with Crippen molar-refractivity contribution >= 4 is 34.5 Å². The Hall–Kier alpha value is -2.99. The summed E-state index contributed by atoms with van der Waals surface area (Å²) in [5.74, 6) is -0.717. The lowest BCUT2D eigenvalue weighted by molar-refractivity contribution is -0.114. The first-order valence-electron chi connectivity index (χ1n) is 8.00. The summed E-state index contributed by atoms with van der Waals surface area (Å²) < 4.78 is 13.3. The van der Waals surface area contributed by atoms with Crippen LogP contribution in [0.5, 0.6) is 0 Å². The number of hydrogen-bond donors (Lipinski definition) is 1. The summed E-state index contributed by atoms with van der Waals surface area (Å²) in [6.07, 6.45) is 0. The van der Waals surface area contributed by atoms with Crippen LogP contribution in [-0.4, -0.2) is 11.8 Å². The molecule has 0 atom stereocenters. The molecule has 2 aromatic carbocycles. The lowest BCUT2D eigenvalue weighted by atomic mass is 10.1. The van der Waals surface area contributed by atoms with Crippen LogP contribution in [-0.2, 0) is 11.3 Å². The van der Waals surface area contributed by atoms with E-state index in [1.54, 1.807) is 52.6 Å². The molecule has 1 heterocycles. The fraction of sp³-hybridized carbons (Fsp3) is 0.100. The van der Waals surface area contributed by atoms with Gasteiger partial charge in [0, 0.05) is 28.7 Å². The predicted molar refractivity (Wildman–Crippen MR) is 102 cm³/mol. The molecule has 132 valence electrons. The number of halogens is 1. The Morgan fingerprint density at radius 3 is 2.31 bits per heavy atom. The first-order chi connectivity index (χ1) is 12.5. The van der Waals surface area contributed by atoms with Crippen molar-refractivity contribution in [2.24, 2.45) is 0 Å². The molecule has 0 fully saturated rings. The third kappa shape index (κ3) is 4.34. The first-order valence-corrected chi connectivity index (χ1v) is 8.88. The molecule has 3 rings (SSSR count). The third-order valence-corrected chi connectivity index (χ3v) is 4.59. The molecule has 1 N–H and O–H groups in total. The maximum Gasteiger partial charge on any atom is 0.258 e. The smallest absolute Gasteiger partial charge is 0.258 e. The summed E-state index contributed by atoms with van der Waals surface area (Å²) in [4.78, 5) is 26.8. The van der Waals surface area contributed by atoms with Crippen LogP contribution in [0.2, 0.25) is 0 Å². The zero-order valence-electron chi connectivity index (χ0n) is 14.1. The molecule has 0 bridgehead atoms. The molecular formula is C20H17FN2O2S. The summed E-state index contributed by atoms with van der Waals surface area (Å²) >= 11 is 1.56. The highest BCUT2D eigenvalue weighted by atomic mass is 32.1. The molecule has 0 aliphatic rings. The van der Waals surface area contributed by atoms with E-state index < -0.39 is 0 Å². The number of nitrogens with zero attached hydrogens (tertiary/aromatic N) is 1. The Labute approximate surface area is 154 Å². The second kappa shape index (κ2) is 7.93. The number of nitrogens with one attached hydrogen (secondary N) is 1. The van der Waals surface area contributed by atoms with E-state index >= 15 is 0 Å². The summed E-state index contributed by atoms with van der Waals surface area (Å²) in [6.45, 7) is 1.83. The van der Waals surface area contributed by atoms with Gasteiger partial charge in [-0.2, -0.15) is 0 Å². The molecule has 0 aliphatic heterocycles. The van der Waals surface area contributed by atoms with Gasteiger partial charge in [0.05, 0.1) is 6.54 Å². The number of benzene rings is 2. The van der Waals surface area contributed by atoms with Crippen molar-refractivity contribution < 1.29 is 14.0 Å². The van der Waals surface area contributed by atoms with Gasteiger partial charge in [0.2, 0.25) is 5.91 Å². The van der Waals surface area contributed by atoms with Crippen LogP contribution in [0.3, 0.4) is 0 Å². The van der Waals surface area contributed by atoms with Gasteiger partial charge in [-0.15, -0.1) is 11.3 Å². The molecule has 6 heteroatoms. The second-order valence-corrected chi connectivity index (χ2v) is 6.74. The summed E-state index contributed by atoms with van der Waals surface area (Å²) in [5, 5.41) is 4.62. The predicted octanol–water partition coefficient (Wildman–Crippen LogP) is 4.69. The van der Waals surface area contributed by atoms with E-state index in [9.17, 15) is 14.0 Å². The van der Waals surface area contributed by atoms with Gasteiger partial charge in [0.25, 0.3) is 5.91 Å². The molecule has 0 radical (unpaired) electrons. The average Bonchev–Trinajstić information content (AvgIpc) is 3.13. The number of thiophene rings is 1. The van der Waals surface area contributed by atoms with Gasteiger partial charge >= 0.3 is 0 Å². The van der Waals surface area contributed by atoms with E-state index in [1.165, 1.54) is 19.1 Å².